The number of aromatic nitrogens is 1. The van der Waals surface area contributed by atoms with Gasteiger partial charge >= 0.3 is 0 Å². The molecule has 40 heavy (non-hydrogen) atoms. The Kier molecular flexibility index (Phi) is 8.44. The van der Waals surface area contributed by atoms with Crippen molar-refractivity contribution in [3.63, 3.8) is 0 Å². The third kappa shape index (κ3) is 5.86. The van der Waals surface area contributed by atoms with Crippen LogP contribution in [-0.4, -0.2) is 108 Å². The van der Waals surface area contributed by atoms with Crippen LogP contribution in [0.25, 0.3) is 0 Å². The number of rotatable bonds is 8. The van der Waals surface area contributed by atoms with Crippen molar-refractivity contribution in [1.29, 1.82) is 0 Å². The van der Waals surface area contributed by atoms with Crippen LogP contribution in [0, 0.1) is 0 Å². The van der Waals surface area contributed by atoms with Crippen LogP contribution in [0.3, 0.4) is 0 Å². The fourth-order valence-corrected chi connectivity index (χ4v) is 6.04. The molecule has 0 bridgehead atoms. The number of nitrogens with one attached hydrogen (secondary N) is 1. The molecule has 212 valence electrons. The average molecular weight is 547 g/mol. The molecule has 2 aromatic rings. The van der Waals surface area contributed by atoms with Crippen molar-refractivity contribution in [2.24, 2.45) is 0 Å². The number of hydrogen-bond acceptors (Lipinski definition) is 7. The third-order valence-corrected chi connectivity index (χ3v) is 8.28. The number of likely N-dealkylation sites (tertiary alicyclic amines) is 2. The summed E-state index contributed by atoms with van der Waals surface area (Å²) in [6.07, 6.45) is 5.18. The van der Waals surface area contributed by atoms with Crippen molar-refractivity contribution >= 4 is 29.2 Å². The number of anilines is 1. The first-order valence-corrected chi connectivity index (χ1v) is 14.2. The van der Waals surface area contributed by atoms with Crippen LogP contribution in [0.2, 0.25) is 0 Å². The Morgan fingerprint density at radius 3 is 2.45 bits per heavy atom. The van der Waals surface area contributed by atoms with E-state index in [1.54, 1.807) is 40.4 Å². The van der Waals surface area contributed by atoms with Gasteiger partial charge in [-0.15, -0.1) is 0 Å². The molecule has 3 aliphatic rings. The Balaban J connectivity index is 1.22. The van der Waals surface area contributed by atoms with Crippen molar-refractivity contribution < 1.29 is 19.2 Å². The maximum absolute atomic E-state index is 13.7. The fourth-order valence-electron chi connectivity index (χ4n) is 6.04. The molecule has 3 aliphatic heterocycles. The van der Waals surface area contributed by atoms with Crippen LogP contribution in [0.1, 0.15) is 42.1 Å². The minimum absolute atomic E-state index is 0.00264. The average Bonchev–Trinajstić information content (AvgIpc) is 3.55. The minimum Gasteiger partial charge on any atom is -0.369 e. The topological polar surface area (TPSA) is 106 Å². The second-order valence-corrected chi connectivity index (χ2v) is 11.0. The van der Waals surface area contributed by atoms with E-state index in [2.05, 4.69) is 27.1 Å². The normalized spacial score (nSPS) is 21.9. The van der Waals surface area contributed by atoms with Crippen molar-refractivity contribution in [1.82, 2.24) is 25.0 Å². The van der Waals surface area contributed by atoms with E-state index in [9.17, 15) is 19.2 Å². The summed E-state index contributed by atoms with van der Waals surface area (Å²) < 4.78 is 0. The molecule has 4 heterocycles. The SMILES string of the molecule is CCCC(NC(=O)c1ccc(N2CCN(C)CC2)cc1)C(=O)N1CCC2C1C(=O)CN2C(=O)Cc1cccnc1. The van der Waals surface area contributed by atoms with E-state index >= 15 is 0 Å². The summed E-state index contributed by atoms with van der Waals surface area (Å²) in [5.74, 6) is -0.830. The Morgan fingerprint density at radius 2 is 1.77 bits per heavy atom. The number of Topliss-reactive ketones (excluding diaryl/α,β-unsaturated/α-hetero) is 1. The zero-order valence-corrected chi connectivity index (χ0v) is 23.3. The lowest BCUT2D eigenvalue weighted by Crippen LogP contribution is -2.52. The van der Waals surface area contributed by atoms with Gasteiger partial charge in [0.25, 0.3) is 5.91 Å². The zero-order valence-electron chi connectivity index (χ0n) is 23.3. The number of fused-ring (bicyclic) bond motifs is 1. The van der Waals surface area contributed by atoms with Gasteiger partial charge in [-0.1, -0.05) is 19.4 Å². The predicted molar refractivity (Wildman–Crippen MR) is 151 cm³/mol. The molecule has 3 unspecified atom stereocenters. The van der Waals surface area contributed by atoms with E-state index in [0.717, 1.165) is 37.4 Å². The van der Waals surface area contributed by atoms with E-state index in [1.165, 1.54) is 0 Å². The lowest BCUT2D eigenvalue weighted by atomic mass is 10.1. The van der Waals surface area contributed by atoms with Crippen LogP contribution in [-0.2, 0) is 20.8 Å². The molecule has 1 aromatic carbocycles. The number of nitrogens with zero attached hydrogens (tertiary/aromatic N) is 5. The number of carbonyl (C=O) groups is 4. The van der Waals surface area contributed by atoms with E-state index < -0.39 is 12.1 Å². The first kappa shape index (κ1) is 27.8. The van der Waals surface area contributed by atoms with E-state index in [1.807, 2.05) is 25.1 Å². The van der Waals surface area contributed by atoms with Crippen LogP contribution in [0.4, 0.5) is 5.69 Å². The maximum Gasteiger partial charge on any atom is 0.251 e. The molecule has 3 amide bonds. The van der Waals surface area contributed by atoms with Crippen LogP contribution in [0.15, 0.2) is 48.8 Å². The Labute approximate surface area is 235 Å². The van der Waals surface area contributed by atoms with Crippen molar-refractivity contribution in [3.8, 4) is 0 Å². The fraction of sp³-hybridized carbons (Fsp3) is 0.500. The van der Waals surface area contributed by atoms with Gasteiger partial charge in [-0.25, -0.2) is 0 Å². The molecule has 10 nitrogen and oxygen atoms in total. The molecule has 1 N–H and O–H groups in total. The van der Waals surface area contributed by atoms with Gasteiger partial charge in [0.2, 0.25) is 11.8 Å². The van der Waals surface area contributed by atoms with Gasteiger partial charge in [0, 0.05) is 56.4 Å². The quantitative estimate of drug-likeness (QED) is 0.533. The predicted octanol–water partition coefficient (Wildman–Crippen LogP) is 1.36. The van der Waals surface area contributed by atoms with Gasteiger partial charge in [0.15, 0.2) is 5.78 Å². The molecule has 0 saturated carbocycles. The standard InChI is InChI=1S/C30H38N6O4/c1-3-5-24(32-29(39)22-7-9-23(10-8-22)34-16-14-33(2)15-17-34)30(40)35-13-11-25-28(35)26(37)20-36(25)27(38)18-21-6-4-12-31-19-21/h4,6-10,12,19,24-25,28H,3,5,11,13-18,20H2,1-2H3,(H,32,39). The summed E-state index contributed by atoms with van der Waals surface area (Å²) in [5.41, 5.74) is 2.36. The van der Waals surface area contributed by atoms with Crippen molar-refractivity contribution in [3.05, 3.63) is 59.9 Å². The van der Waals surface area contributed by atoms with Gasteiger partial charge < -0.3 is 24.9 Å². The Hall–Kier alpha value is -3.79. The largest absolute Gasteiger partial charge is 0.369 e. The monoisotopic (exact) mass is 546 g/mol. The van der Waals surface area contributed by atoms with E-state index in [-0.39, 0.29) is 42.5 Å². The van der Waals surface area contributed by atoms with Crippen LogP contribution in [0.5, 0.6) is 0 Å². The lowest BCUT2D eigenvalue weighted by Gasteiger charge is -2.34. The van der Waals surface area contributed by atoms with Crippen LogP contribution >= 0.6 is 0 Å². The van der Waals surface area contributed by atoms with Gasteiger partial charge in [0.1, 0.15) is 12.1 Å². The second kappa shape index (κ2) is 12.2. The highest BCUT2D eigenvalue weighted by Gasteiger charge is 2.52. The highest BCUT2D eigenvalue weighted by molar-refractivity contribution is 6.01. The molecule has 3 fully saturated rings. The smallest absolute Gasteiger partial charge is 0.251 e. The van der Waals surface area contributed by atoms with E-state index in [0.29, 0.717) is 31.4 Å². The summed E-state index contributed by atoms with van der Waals surface area (Å²) >= 11 is 0. The summed E-state index contributed by atoms with van der Waals surface area (Å²) in [5, 5.41) is 2.93. The molecule has 3 saturated heterocycles. The molecule has 10 heteroatoms. The van der Waals surface area contributed by atoms with Gasteiger partial charge in [0.05, 0.1) is 19.0 Å². The van der Waals surface area contributed by atoms with Crippen molar-refractivity contribution in [2.75, 3.05) is 51.2 Å². The number of amides is 3. The lowest BCUT2D eigenvalue weighted by molar-refractivity contribution is -0.138. The molecule has 1 aromatic heterocycles. The molecular formula is C30H38N6O4. The maximum atomic E-state index is 13.7. The van der Waals surface area contributed by atoms with Crippen molar-refractivity contribution in [2.45, 2.75) is 50.7 Å². The number of pyridine rings is 1. The number of benzene rings is 1. The Morgan fingerprint density at radius 1 is 1.02 bits per heavy atom. The number of hydrogen-bond donors (Lipinski definition) is 1. The Bertz CT molecular complexity index is 1230. The van der Waals surface area contributed by atoms with Gasteiger partial charge in [-0.3, -0.25) is 24.2 Å². The van der Waals surface area contributed by atoms with Gasteiger partial charge in [-0.05, 0) is 55.8 Å². The second-order valence-electron chi connectivity index (χ2n) is 11.0. The number of carbonyl (C=O) groups excluding carboxylic acids is 4. The summed E-state index contributed by atoms with van der Waals surface area (Å²) in [4.78, 5) is 64.8. The summed E-state index contributed by atoms with van der Waals surface area (Å²) in [7, 11) is 2.11. The molecule has 5 rings (SSSR count). The number of ketones is 1. The van der Waals surface area contributed by atoms with Crippen LogP contribution < -0.4 is 10.2 Å². The highest BCUT2D eigenvalue weighted by atomic mass is 16.2. The number of piperazine rings is 1. The summed E-state index contributed by atoms with van der Waals surface area (Å²) in [6.45, 7) is 6.23. The van der Waals surface area contributed by atoms with E-state index in [4.69, 9.17) is 0 Å². The first-order chi connectivity index (χ1) is 19.4. The zero-order chi connectivity index (χ0) is 28.2. The highest BCUT2D eigenvalue weighted by Crippen LogP contribution is 2.31. The summed E-state index contributed by atoms with van der Waals surface area (Å²) in [6, 6.07) is 9.39. The molecule has 3 atom stereocenters. The van der Waals surface area contributed by atoms with Gasteiger partial charge in [-0.2, -0.15) is 0 Å². The number of likely N-dealkylation sites (N-methyl/N-ethyl adjacent to an activating group) is 1. The molecule has 0 spiro atoms. The third-order valence-electron chi connectivity index (χ3n) is 8.28. The molecule has 0 aliphatic carbocycles. The first-order valence-electron chi connectivity index (χ1n) is 14.2. The minimum atomic E-state index is -0.735. The molecule has 0 radical (unpaired) electrons. The molecular weight excluding hydrogens is 508 g/mol.